The number of amides is 1. The molecule has 7 nitrogen and oxygen atoms in total. The molecule has 0 radical (unpaired) electrons. The largest absolute Gasteiger partial charge is 0.449 e. The van der Waals surface area contributed by atoms with Crippen LogP contribution in [0.1, 0.15) is 17.3 Å². The SMILES string of the molecule is C=CCNS(=O)(=O)c1cccc(C(=O)O[C@H](C)C(=O)Nc2ccc(F)cc2)c1. The van der Waals surface area contributed by atoms with E-state index in [0.29, 0.717) is 5.69 Å². The van der Waals surface area contributed by atoms with Crippen molar-refractivity contribution in [3.63, 3.8) is 0 Å². The number of sulfonamides is 1. The predicted octanol–water partition coefficient (Wildman–Crippen LogP) is 2.47. The molecule has 1 amide bonds. The maximum absolute atomic E-state index is 12.9. The van der Waals surface area contributed by atoms with Crippen LogP contribution in [0.3, 0.4) is 0 Å². The normalized spacial score (nSPS) is 12.1. The van der Waals surface area contributed by atoms with Crippen LogP contribution < -0.4 is 10.0 Å². The molecule has 0 heterocycles. The van der Waals surface area contributed by atoms with Crippen molar-refractivity contribution in [2.45, 2.75) is 17.9 Å². The lowest BCUT2D eigenvalue weighted by atomic mass is 10.2. The first-order valence-corrected chi connectivity index (χ1v) is 9.69. The van der Waals surface area contributed by atoms with Gasteiger partial charge in [-0.2, -0.15) is 0 Å². The third kappa shape index (κ3) is 5.73. The Balaban J connectivity index is 2.05. The van der Waals surface area contributed by atoms with Gasteiger partial charge in [0.25, 0.3) is 5.91 Å². The molecular weight excluding hydrogens is 387 g/mol. The summed E-state index contributed by atoms with van der Waals surface area (Å²) in [5.41, 5.74) is 0.318. The number of rotatable bonds is 8. The lowest BCUT2D eigenvalue weighted by molar-refractivity contribution is -0.123. The Morgan fingerprint density at radius 3 is 2.54 bits per heavy atom. The van der Waals surface area contributed by atoms with Crippen LogP contribution in [-0.2, 0) is 19.6 Å². The maximum Gasteiger partial charge on any atom is 0.338 e. The van der Waals surface area contributed by atoms with E-state index in [1.807, 2.05) is 0 Å². The molecule has 2 rings (SSSR count). The Morgan fingerprint density at radius 2 is 1.89 bits per heavy atom. The average molecular weight is 406 g/mol. The van der Waals surface area contributed by atoms with Crippen molar-refractivity contribution in [1.29, 1.82) is 0 Å². The Labute approximate surface area is 162 Å². The Kier molecular flexibility index (Phi) is 7.02. The highest BCUT2D eigenvalue weighted by atomic mass is 32.2. The molecule has 2 aromatic carbocycles. The van der Waals surface area contributed by atoms with E-state index in [1.165, 1.54) is 55.5 Å². The van der Waals surface area contributed by atoms with Gasteiger partial charge in [-0.25, -0.2) is 22.3 Å². The van der Waals surface area contributed by atoms with E-state index in [0.717, 1.165) is 6.07 Å². The highest BCUT2D eigenvalue weighted by molar-refractivity contribution is 7.89. The van der Waals surface area contributed by atoms with Gasteiger partial charge in [-0.1, -0.05) is 12.1 Å². The zero-order valence-electron chi connectivity index (χ0n) is 15.0. The van der Waals surface area contributed by atoms with E-state index >= 15 is 0 Å². The van der Waals surface area contributed by atoms with Crippen LogP contribution >= 0.6 is 0 Å². The molecule has 2 N–H and O–H groups in total. The number of anilines is 1. The summed E-state index contributed by atoms with van der Waals surface area (Å²) in [7, 11) is -3.81. The standard InChI is InChI=1S/C19H19FN2O5S/c1-3-11-21-28(25,26)17-6-4-5-14(12-17)19(24)27-13(2)18(23)22-16-9-7-15(20)8-10-16/h3-10,12-13,21H,1,11H2,2H3,(H,22,23)/t13-/m1/s1. The molecule has 0 saturated carbocycles. The minimum Gasteiger partial charge on any atom is -0.449 e. The van der Waals surface area contributed by atoms with Crippen LogP contribution in [0, 0.1) is 5.82 Å². The van der Waals surface area contributed by atoms with Gasteiger partial charge in [0.1, 0.15) is 5.82 Å². The van der Waals surface area contributed by atoms with Crippen LogP contribution in [0.2, 0.25) is 0 Å². The third-order valence-electron chi connectivity index (χ3n) is 3.56. The van der Waals surface area contributed by atoms with E-state index in [9.17, 15) is 22.4 Å². The fraction of sp³-hybridized carbons (Fsp3) is 0.158. The molecule has 0 aliphatic heterocycles. The number of ether oxygens (including phenoxy) is 1. The Bertz CT molecular complexity index is 974. The van der Waals surface area contributed by atoms with Crippen LogP contribution in [-0.4, -0.2) is 32.9 Å². The van der Waals surface area contributed by atoms with E-state index in [2.05, 4.69) is 16.6 Å². The smallest absolute Gasteiger partial charge is 0.338 e. The van der Waals surface area contributed by atoms with Gasteiger partial charge in [0.05, 0.1) is 10.5 Å². The van der Waals surface area contributed by atoms with Gasteiger partial charge in [-0.3, -0.25) is 4.79 Å². The van der Waals surface area contributed by atoms with Crippen molar-refractivity contribution >= 4 is 27.6 Å². The van der Waals surface area contributed by atoms with Crippen molar-refractivity contribution in [3.8, 4) is 0 Å². The van der Waals surface area contributed by atoms with E-state index in [-0.39, 0.29) is 17.0 Å². The number of hydrogen-bond donors (Lipinski definition) is 2. The Hall–Kier alpha value is -3.04. The minimum absolute atomic E-state index is 0.0251. The number of carbonyl (C=O) groups excluding carboxylic acids is 2. The number of halogens is 1. The summed E-state index contributed by atoms with van der Waals surface area (Å²) < 4.78 is 44.5. The monoisotopic (exact) mass is 406 g/mol. The van der Waals surface area contributed by atoms with Crippen LogP contribution in [0.4, 0.5) is 10.1 Å². The molecular formula is C19H19FN2O5S. The van der Waals surface area contributed by atoms with Crippen molar-refractivity contribution < 1.29 is 27.1 Å². The lowest BCUT2D eigenvalue weighted by Gasteiger charge is -2.14. The van der Waals surface area contributed by atoms with E-state index in [1.54, 1.807) is 0 Å². The molecule has 0 spiro atoms. The van der Waals surface area contributed by atoms with Crippen LogP contribution in [0.5, 0.6) is 0 Å². The van der Waals surface area contributed by atoms with Crippen LogP contribution in [0.15, 0.2) is 66.1 Å². The second-order valence-corrected chi connectivity index (χ2v) is 7.48. The highest BCUT2D eigenvalue weighted by Crippen LogP contribution is 2.14. The van der Waals surface area contributed by atoms with Gasteiger partial charge in [0.15, 0.2) is 6.10 Å². The first-order chi connectivity index (χ1) is 13.2. The first kappa shape index (κ1) is 21.3. The van der Waals surface area contributed by atoms with Crippen molar-refractivity contribution in [2.75, 3.05) is 11.9 Å². The summed E-state index contributed by atoms with van der Waals surface area (Å²) in [6.45, 7) is 4.83. The van der Waals surface area contributed by atoms with Gasteiger partial charge in [-0.15, -0.1) is 6.58 Å². The lowest BCUT2D eigenvalue weighted by Crippen LogP contribution is -2.30. The number of carbonyl (C=O) groups is 2. The Morgan fingerprint density at radius 1 is 1.21 bits per heavy atom. The van der Waals surface area contributed by atoms with Crippen LogP contribution in [0.25, 0.3) is 0 Å². The number of esters is 1. The summed E-state index contributed by atoms with van der Waals surface area (Å²) in [6, 6.07) is 10.3. The van der Waals surface area contributed by atoms with Gasteiger partial charge < -0.3 is 10.1 Å². The number of hydrogen-bond acceptors (Lipinski definition) is 5. The van der Waals surface area contributed by atoms with Gasteiger partial charge in [-0.05, 0) is 49.4 Å². The molecule has 0 aliphatic rings. The number of nitrogens with one attached hydrogen (secondary N) is 2. The van der Waals surface area contributed by atoms with Crippen molar-refractivity contribution in [3.05, 3.63) is 72.6 Å². The molecule has 28 heavy (non-hydrogen) atoms. The average Bonchev–Trinajstić information content (AvgIpc) is 2.68. The van der Waals surface area contributed by atoms with Gasteiger partial charge in [0.2, 0.25) is 10.0 Å². The highest BCUT2D eigenvalue weighted by Gasteiger charge is 2.21. The molecule has 0 aliphatic carbocycles. The molecule has 9 heteroatoms. The molecule has 0 fully saturated rings. The third-order valence-corrected chi connectivity index (χ3v) is 4.98. The van der Waals surface area contributed by atoms with Gasteiger partial charge >= 0.3 is 5.97 Å². The summed E-state index contributed by atoms with van der Waals surface area (Å²) >= 11 is 0. The molecule has 0 bridgehead atoms. The first-order valence-electron chi connectivity index (χ1n) is 8.21. The summed E-state index contributed by atoms with van der Waals surface area (Å²) in [5.74, 6) is -1.92. The zero-order chi connectivity index (χ0) is 20.7. The van der Waals surface area contributed by atoms with Crippen molar-refractivity contribution in [1.82, 2.24) is 4.72 Å². The summed E-state index contributed by atoms with van der Waals surface area (Å²) in [4.78, 5) is 24.3. The van der Waals surface area contributed by atoms with E-state index < -0.39 is 33.8 Å². The minimum atomic E-state index is -3.81. The summed E-state index contributed by atoms with van der Waals surface area (Å²) in [6.07, 6.45) is 0.230. The predicted molar refractivity (Wildman–Crippen MR) is 102 cm³/mol. The molecule has 0 saturated heterocycles. The molecule has 0 unspecified atom stereocenters. The molecule has 1 atom stereocenters. The molecule has 148 valence electrons. The summed E-state index contributed by atoms with van der Waals surface area (Å²) in [5, 5.41) is 2.49. The fourth-order valence-corrected chi connectivity index (χ4v) is 3.15. The maximum atomic E-state index is 12.9. The molecule has 2 aromatic rings. The van der Waals surface area contributed by atoms with Crippen molar-refractivity contribution in [2.24, 2.45) is 0 Å². The quantitative estimate of drug-likeness (QED) is 0.518. The fourth-order valence-electron chi connectivity index (χ4n) is 2.10. The van der Waals surface area contributed by atoms with E-state index in [4.69, 9.17) is 4.74 Å². The second-order valence-electron chi connectivity index (χ2n) is 5.71. The number of benzene rings is 2. The van der Waals surface area contributed by atoms with Gasteiger partial charge in [0, 0.05) is 12.2 Å². The second kappa shape index (κ2) is 9.25. The zero-order valence-corrected chi connectivity index (χ0v) is 15.8. The topological polar surface area (TPSA) is 102 Å². The molecule has 0 aromatic heterocycles.